The fraction of sp³-hybridized carbons (Fsp3) is 0.500. The number of carboxylic acids is 1. The molecule has 2 rings (SSSR count). The summed E-state index contributed by atoms with van der Waals surface area (Å²) in [6, 6.07) is 6.74. The molecule has 0 aliphatic carbocycles. The first-order valence-electron chi connectivity index (χ1n) is 6.36. The van der Waals surface area contributed by atoms with Gasteiger partial charge in [0, 0.05) is 18.2 Å². The fourth-order valence-corrected chi connectivity index (χ4v) is 2.55. The number of halogens is 1. The topological polar surface area (TPSA) is 40.5 Å². The molecule has 98 valence electrons. The van der Waals surface area contributed by atoms with Gasteiger partial charge < -0.3 is 5.11 Å². The minimum atomic E-state index is -0.777. The van der Waals surface area contributed by atoms with Gasteiger partial charge in [-0.15, -0.1) is 0 Å². The zero-order valence-electron chi connectivity index (χ0n) is 10.3. The van der Waals surface area contributed by atoms with Crippen molar-refractivity contribution < 1.29 is 14.3 Å². The van der Waals surface area contributed by atoms with Crippen molar-refractivity contribution >= 4 is 5.97 Å². The molecule has 1 aliphatic heterocycles. The number of carboxylic acid groups (broad SMARTS) is 1. The van der Waals surface area contributed by atoms with Crippen molar-refractivity contribution in [3.63, 3.8) is 0 Å². The molecule has 1 aromatic rings. The summed E-state index contributed by atoms with van der Waals surface area (Å²) in [7, 11) is 0. The minimum absolute atomic E-state index is 0.0378. The van der Waals surface area contributed by atoms with Crippen molar-refractivity contribution in [2.24, 2.45) is 0 Å². The van der Waals surface area contributed by atoms with Crippen LogP contribution in [0.3, 0.4) is 0 Å². The van der Waals surface area contributed by atoms with Crippen molar-refractivity contribution in [2.45, 2.75) is 38.3 Å². The Balaban J connectivity index is 2.05. The maximum absolute atomic E-state index is 13.6. The number of likely N-dealkylation sites (tertiary alicyclic amines) is 1. The van der Waals surface area contributed by atoms with E-state index in [0.717, 1.165) is 25.8 Å². The van der Waals surface area contributed by atoms with Crippen molar-refractivity contribution in [2.75, 3.05) is 6.54 Å². The zero-order chi connectivity index (χ0) is 13.0. The van der Waals surface area contributed by atoms with Gasteiger partial charge in [0.05, 0.1) is 6.42 Å². The van der Waals surface area contributed by atoms with Crippen LogP contribution in [0.15, 0.2) is 24.3 Å². The highest BCUT2D eigenvalue weighted by Crippen LogP contribution is 2.22. The average molecular weight is 251 g/mol. The second-order valence-corrected chi connectivity index (χ2v) is 4.81. The number of carbonyl (C=O) groups is 1. The summed E-state index contributed by atoms with van der Waals surface area (Å²) in [5.41, 5.74) is 0.648. The van der Waals surface area contributed by atoms with E-state index < -0.39 is 5.97 Å². The number of benzene rings is 1. The predicted molar refractivity (Wildman–Crippen MR) is 66.7 cm³/mol. The molecule has 3 nitrogen and oxygen atoms in total. The molecule has 1 heterocycles. The third kappa shape index (κ3) is 3.29. The van der Waals surface area contributed by atoms with Gasteiger partial charge in [-0.05, 0) is 25.5 Å². The molecule has 1 atom stereocenters. The van der Waals surface area contributed by atoms with Crippen molar-refractivity contribution in [3.8, 4) is 0 Å². The van der Waals surface area contributed by atoms with E-state index in [4.69, 9.17) is 5.11 Å². The van der Waals surface area contributed by atoms with Crippen molar-refractivity contribution in [1.82, 2.24) is 4.90 Å². The van der Waals surface area contributed by atoms with E-state index in [2.05, 4.69) is 4.90 Å². The van der Waals surface area contributed by atoms with Crippen LogP contribution < -0.4 is 0 Å². The quantitative estimate of drug-likeness (QED) is 0.894. The molecule has 0 saturated carbocycles. The Morgan fingerprint density at radius 2 is 2.17 bits per heavy atom. The highest BCUT2D eigenvalue weighted by atomic mass is 19.1. The molecule has 0 amide bonds. The van der Waals surface area contributed by atoms with E-state index >= 15 is 0 Å². The van der Waals surface area contributed by atoms with E-state index in [1.165, 1.54) is 6.07 Å². The standard InChI is InChI=1S/C14H18FNO2/c15-13-7-2-1-5-11(13)10-16-8-4-3-6-12(16)9-14(17)18/h1-2,5,7,12H,3-4,6,8-10H2,(H,17,18)/t12-/m0/s1. The lowest BCUT2D eigenvalue weighted by molar-refractivity contribution is -0.138. The molecule has 1 aromatic carbocycles. The maximum Gasteiger partial charge on any atom is 0.304 e. The second kappa shape index (κ2) is 5.96. The van der Waals surface area contributed by atoms with Crippen LogP contribution in [0.2, 0.25) is 0 Å². The van der Waals surface area contributed by atoms with Crippen LogP contribution in [0.4, 0.5) is 4.39 Å². The van der Waals surface area contributed by atoms with Gasteiger partial charge in [-0.1, -0.05) is 24.6 Å². The summed E-state index contributed by atoms with van der Waals surface area (Å²) in [6.07, 6.45) is 3.16. The van der Waals surface area contributed by atoms with Crippen LogP contribution in [0.25, 0.3) is 0 Å². The van der Waals surface area contributed by atoms with Gasteiger partial charge in [0.15, 0.2) is 0 Å². The fourth-order valence-electron chi connectivity index (χ4n) is 2.55. The molecule has 1 aliphatic rings. The van der Waals surface area contributed by atoms with Gasteiger partial charge in [0.1, 0.15) is 5.82 Å². The third-order valence-electron chi connectivity index (χ3n) is 3.49. The first-order valence-corrected chi connectivity index (χ1v) is 6.36. The normalized spacial score (nSPS) is 20.8. The Morgan fingerprint density at radius 3 is 2.89 bits per heavy atom. The average Bonchev–Trinajstić information content (AvgIpc) is 2.34. The Morgan fingerprint density at radius 1 is 1.39 bits per heavy atom. The van der Waals surface area contributed by atoms with Gasteiger partial charge >= 0.3 is 5.97 Å². The van der Waals surface area contributed by atoms with Gasteiger partial charge in [-0.2, -0.15) is 0 Å². The SMILES string of the molecule is O=C(O)C[C@@H]1CCCCN1Cc1ccccc1F. The summed E-state index contributed by atoms with van der Waals surface area (Å²) >= 11 is 0. The molecule has 0 spiro atoms. The first kappa shape index (κ1) is 13.0. The molecule has 0 aromatic heterocycles. The van der Waals surface area contributed by atoms with Gasteiger partial charge in [-0.25, -0.2) is 4.39 Å². The van der Waals surface area contributed by atoms with E-state index in [9.17, 15) is 9.18 Å². The van der Waals surface area contributed by atoms with E-state index in [-0.39, 0.29) is 18.3 Å². The highest BCUT2D eigenvalue weighted by Gasteiger charge is 2.25. The van der Waals surface area contributed by atoms with Crippen LogP contribution >= 0.6 is 0 Å². The smallest absolute Gasteiger partial charge is 0.304 e. The molecule has 0 unspecified atom stereocenters. The molecule has 0 radical (unpaired) electrons. The maximum atomic E-state index is 13.6. The van der Waals surface area contributed by atoms with Gasteiger partial charge in [0.2, 0.25) is 0 Å². The lowest BCUT2D eigenvalue weighted by atomic mass is 9.98. The summed E-state index contributed by atoms with van der Waals surface area (Å²) in [6.45, 7) is 1.36. The van der Waals surface area contributed by atoms with Crippen LogP contribution in [0, 0.1) is 5.82 Å². The minimum Gasteiger partial charge on any atom is -0.481 e. The number of hydrogen-bond acceptors (Lipinski definition) is 2. The highest BCUT2D eigenvalue weighted by molar-refractivity contribution is 5.67. The lowest BCUT2D eigenvalue weighted by Crippen LogP contribution is -2.40. The summed E-state index contributed by atoms with van der Waals surface area (Å²) < 4.78 is 13.6. The molecule has 18 heavy (non-hydrogen) atoms. The molecule has 4 heteroatoms. The van der Waals surface area contributed by atoms with E-state index in [1.807, 2.05) is 6.07 Å². The lowest BCUT2D eigenvalue weighted by Gasteiger charge is -2.35. The third-order valence-corrected chi connectivity index (χ3v) is 3.49. The Bertz CT molecular complexity index is 422. The Labute approximate surface area is 106 Å². The molecule has 1 fully saturated rings. The summed E-state index contributed by atoms with van der Waals surface area (Å²) in [4.78, 5) is 12.9. The Kier molecular flexibility index (Phi) is 4.31. The molecule has 1 N–H and O–H groups in total. The Hall–Kier alpha value is -1.42. The van der Waals surface area contributed by atoms with Gasteiger partial charge in [0.25, 0.3) is 0 Å². The van der Waals surface area contributed by atoms with Gasteiger partial charge in [-0.3, -0.25) is 9.69 Å². The molecule has 0 bridgehead atoms. The second-order valence-electron chi connectivity index (χ2n) is 4.81. The molecular weight excluding hydrogens is 233 g/mol. The number of aliphatic carboxylic acids is 1. The monoisotopic (exact) mass is 251 g/mol. The summed E-state index contributed by atoms with van der Waals surface area (Å²) in [5.74, 6) is -0.988. The first-order chi connectivity index (χ1) is 8.66. The number of nitrogens with zero attached hydrogens (tertiary/aromatic N) is 1. The largest absolute Gasteiger partial charge is 0.481 e. The summed E-state index contributed by atoms with van der Waals surface area (Å²) in [5, 5.41) is 8.90. The van der Waals surface area contributed by atoms with Crippen LogP contribution in [-0.2, 0) is 11.3 Å². The molecular formula is C14H18FNO2. The van der Waals surface area contributed by atoms with E-state index in [1.54, 1.807) is 12.1 Å². The van der Waals surface area contributed by atoms with Crippen LogP contribution in [0.1, 0.15) is 31.2 Å². The van der Waals surface area contributed by atoms with Crippen molar-refractivity contribution in [1.29, 1.82) is 0 Å². The number of hydrogen-bond donors (Lipinski definition) is 1. The van der Waals surface area contributed by atoms with Crippen molar-refractivity contribution in [3.05, 3.63) is 35.6 Å². The number of piperidine rings is 1. The van der Waals surface area contributed by atoms with Crippen LogP contribution in [-0.4, -0.2) is 28.6 Å². The van der Waals surface area contributed by atoms with Crippen LogP contribution in [0.5, 0.6) is 0 Å². The number of rotatable bonds is 4. The van der Waals surface area contributed by atoms with E-state index in [0.29, 0.717) is 12.1 Å². The zero-order valence-corrected chi connectivity index (χ0v) is 10.3. The predicted octanol–water partition coefficient (Wildman–Crippen LogP) is 2.65. The molecule has 1 saturated heterocycles.